The van der Waals surface area contributed by atoms with Gasteiger partial charge in [0.05, 0.1) is 45.4 Å². The van der Waals surface area contributed by atoms with Gasteiger partial charge in [-0.15, -0.1) is 0 Å². The highest BCUT2D eigenvalue weighted by atomic mass is 16.2. The molecule has 0 atom stereocenters. The Kier molecular flexibility index (Phi) is 19.5. The van der Waals surface area contributed by atoms with Crippen molar-refractivity contribution >= 4 is 52.6 Å². The molecule has 0 unspecified atom stereocenters. The molecule has 8 aliphatic heterocycles. The smallest absolute Gasteiger partial charge is 0.279 e. The summed E-state index contributed by atoms with van der Waals surface area (Å²) in [6.45, 7) is 7.65. The van der Waals surface area contributed by atoms with E-state index in [4.69, 9.17) is 0 Å². The summed E-state index contributed by atoms with van der Waals surface area (Å²) in [7, 11) is 15.0. The number of rotatable bonds is 0. The highest BCUT2D eigenvalue weighted by Crippen LogP contribution is 2.27. The molecule has 0 saturated heterocycles. The van der Waals surface area contributed by atoms with Crippen LogP contribution in [0, 0.1) is 0 Å². The van der Waals surface area contributed by atoms with Gasteiger partial charge in [0.1, 0.15) is 11.5 Å². The Labute approximate surface area is 501 Å². The highest BCUT2D eigenvalue weighted by molar-refractivity contribution is 6.22. The summed E-state index contributed by atoms with van der Waals surface area (Å²) in [6.07, 6.45) is 19.3. The molecule has 0 spiro atoms. The van der Waals surface area contributed by atoms with E-state index in [2.05, 4.69) is 138 Å². The Morgan fingerprint density at radius 1 is 0.326 bits per heavy atom. The first-order valence-electron chi connectivity index (χ1n) is 28.3. The third kappa shape index (κ3) is 13.8. The molecule has 0 N–H and O–H groups in total. The number of imide groups is 3. The zero-order valence-electron chi connectivity index (χ0n) is 49.8. The van der Waals surface area contributed by atoms with Crippen LogP contribution >= 0.6 is 0 Å². The number of nitrogens with zero attached hydrogens (tertiary/aromatic N) is 14. The normalized spacial score (nSPS) is 15.8. The van der Waals surface area contributed by atoms with Crippen molar-refractivity contribution in [2.45, 2.75) is 45.4 Å². The molecular weight excluding hydrogens is 1080 g/mol. The van der Waals surface area contributed by atoms with Crippen LogP contribution in [-0.4, -0.2) is 166 Å². The van der Waals surface area contributed by atoms with E-state index in [1.807, 2.05) is 49.3 Å². The van der Waals surface area contributed by atoms with Gasteiger partial charge in [-0.25, -0.2) is 4.98 Å². The number of fused-ring (bicyclic) bond motifs is 8. The van der Waals surface area contributed by atoms with E-state index < -0.39 is 0 Å². The first-order chi connectivity index (χ1) is 41.5. The Morgan fingerprint density at radius 2 is 0.779 bits per heavy atom. The molecule has 8 aliphatic rings. The van der Waals surface area contributed by atoms with Gasteiger partial charge in [-0.3, -0.25) is 78.2 Å². The van der Waals surface area contributed by atoms with Crippen molar-refractivity contribution in [3.8, 4) is 0 Å². The number of likely N-dealkylation sites (N-methyl/N-ethyl adjacent to an activating group) is 3. The van der Waals surface area contributed by atoms with E-state index in [9.17, 15) is 28.8 Å². The van der Waals surface area contributed by atoms with Crippen molar-refractivity contribution in [2.24, 2.45) is 0 Å². The van der Waals surface area contributed by atoms with Gasteiger partial charge in [0, 0.05) is 143 Å². The van der Waals surface area contributed by atoms with Crippen LogP contribution in [0.1, 0.15) is 101 Å². The van der Waals surface area contributed by atoms with Crippen molar-refractivity contribution in [1.29, 1.82) is 0 Å². The second kappa shape index (κ2) is 27.6. The van der Waals surface area contributed by atoms with E-state index in [0.717, 1.165) is 66.2 Å². The monoisotopic (exact) mass is 1150 g/mol. The molecule has 440 valence electrons. The van der Waals surface area contributed by atoms with Gasteiger partial charge in [0.25, 0.3) is 35.4 Å². The Morgan fingerprint density at radius 3 is 1.42 bits per heavy atom. The van der Waals surface area contributed by atoms with Crippen molar-refractivity contribution < 1.29 is 28.8 Å². The van der Waals surface area contributed by atoms with Crippen LogP contribution in [0.5, 0.6) is 0 Å². The Balaban J connectivity index is 0.000000118. The fourth-order valence-corrected chi connectivity index (χ4v) is 10.7. The lowest BCUT2D eigenvalue weighted by Gasteiger charge is -2.10. The summed E-state index contributed by atoms with van der Waals surface area (Å²) >= 11 is 0. The zero-order valence-corrected chi connectivity index (χ0v) is 49.8. The molecule has 0 radical (unpaired) electrons. The molecule has 20 heteroatoms. The fourth-order valence-electron chi connectivity index (χ4n) is 10.7. The number of hydrogen-bond donors (Lipinski definition) is 0. The average molecular weight is 1160 g/mol. The molecular formula is C66H70N14O6. The van der Waals surface area contributed by atoms with Crippen molar-refractivity contribution in [3.05, 3.63) is 231 Å². The predicted molar refractivity (Wildman–Crippen MR) is 329 cm³/mol. The van der Waals surface area contributed by atoms with Gasteiger partial charge in [-0.1, -0.05) is 42.5 Å². The van der Waals surface area contributed by atoms with Crippen LogP contribution in [-0.2, 0) is 45.4 Å². The zero-order chi connectivity index (χ0) is 61.0. The SMILES string of the molecule is CN1C(=O)c2ccccc2C1=O.CN1C(=O)c2cccnc2C1=O.CN1C(=O)c2ccncc2C1=O.CN1CCc2ccccc21.CN1CCc2cccnc21.CN1CCc2ccncc21.CN1Cc2cccnc2C1.CN1Cc2ccncc2C1. The van der Waals surface area contributed by atoms with Crippen LogP contribution in [0.3, 0.4) is 0 Å². The maximum absolute atomic E-state index is 11.3. The van der Waals surface area contributed by atoms with Crippen molar-refractivity contribution in [2.75, 3.05) is 90.7 Å². The van der Waals surface area contributed by atoms with Crippen LogP contribution < -0.4 is 14.7 Å². The molecule has 20 nitrogen and oxygen atoms in total. The lowest BCUT2D eigenvalue weighted by Crippen LogP contribution is -2.24. The molecule has 14 heterocycles. The minimum atomic E-state index is -0.324. The van der Waals surface area contributed by atoms with E-state index in [1.165, 1.54) is 110 Å². The number of para-hydroxylation sites is 1. The Hall–Kier alpha value is -9.92. The topological polar surface area (TPSA) is 206 Å². The minimum absolute atomic E-state index is 0.212. The lowest BCUT2D eigenvalue weighted by molar-refractivity contribution is 0.0676. The summed E-state index contributed by atoms with van der Waals surface area (Å²) < 4.78 is 0. The van der Waals surface area contributed by atoms with Crippen molar-refractivity contribution in [1.82, 2.24) is 54.4 Å². The third-order valence-electron chi connectivity index (χ3n) is 15.5. The number of benzene rings is 2. The fraction of sp³-hybridized carbons (Fsp3) is 0.273. The summed E-state index contributed by atoms with van der Waals surface area (Å²) in [5.74, 6) is -0.395. The van der Waals surface area contributed by atoms with E-state index >= 15 is 0 Å². The second-order valence-corrected chi connectivity index (χ2v) is 21.6. The Bertz CT molecular complexity index is 3290. The summed E-state index contributed by atoms with van der Waals surface area (Å²) in [6, 6.07) is 32.7. The van der Waals surface area contributed by atoms with Gasteiger partial charge in [0.2, 0.25) is 0 Å². The number of anilines is 3. The molecule has 0 bridgehead atoms. The first-order valence-corrected chi connectivity index (χ1v) is 28.3. The third-order valence-corrected chi connectivity index (χ3v) is 15.5. The van der Waals surface area contributed by atoms with Gasteiger partial charge in [-0.2, -0.15) is 0 Å². The summed E-state index contributed by atoms with van der Waals surface area (Å²) in [5, 5.41) is 0. The maximum Gasteiger partial charge on any atom is 0.279 e. The number of amides is 6. The second-order valence-electron chi connectivity index (χ2n) is 21.6. The van der Waals surface area contributed by atoms with Crippen LogP contribution in [0.2, 0.25) is 0 Å². The molecule has 0 fully saturated rings. The van der Waals surface area contributed by atoms with Crippen molar-refractivity contribution in [3.63, 3.8) is 0 Å². The molecule has 2 aromatic carbocycles. The van der Waals surface area contributed by atoms with Gasteiger partial charge < -0.3 is 14.7 Å². The number of carbonyl (C=O) groups excluding carboxylic acids is 6. The van der Waals surface area contributed by atoms with Gasteiger partial charge in [-0.05, 0) is 127 Å². The van der Waals surface area contributed by atoms with E-state index in [0.29, 0.717) is 27.8 Å². The number of carbonyl (C=O) groups is 6. The molecule has 16 rings (SSSR count). The first kappa shape index (κ1) is 60.7. The molecule has 6 amide bonds. The molecule has 0 saturated carbocycles. The maximum atomic E-state index is 11.3. The van der Waals surface area contributed by atoms with Crippen LogP contribution in [0.15, 0.2) is 159 Å². The van der Waals surface area contributed by atoms with E-state index in [-0.39, 0.29) is 41.1 Å². The van der Waals surface area contributed by atoms with Crippen LogP contribution in [0.25, 0.3) is 0 Å². The minimum Gasteiger partial charge on any atom is -0.374 e. The quantitative estimate of drug-likeness (QED) is 0.136. The molecule has 6 aromatic heterocycles. The number of pyridine rings is 6. The average Bonchev–Trinajstić information content (AvgIpc) is 3.48. The molecule has 0 aliphatic carbocycles. The largest absolute Gasteiger partial charge is 0.374 e. The predicted octanol–water partition coefficient (Wildman–Crippen LogP) is 7.41. The standard InChI is InChI=1S/C9H7NO2.C9H11N.2C8H6N2O2.4C8H10N2/c1-10-8(11)6-4-2-3-5-7(6)9(10)12;1-10-7-6-8-4-2-3-5-9(8)10;1-10-7(11)5-2-3-9-4-6(5)8(10)12;1-10-7(11)5-3-2-4-9-6(5)8(10)12;1-10-5-3-7-2-4-9-6-8(7)10;1-10-5-7-2-3-9-4-8(7)6-10;1-10-6-4-7-3-2-5-9-8(7)10;1-10-5-7-3-2-4-9-8(7)6-10/h2-5H,1H3;2-5H,6-7H2,1H3;2*2-4H,1H3;2,4,6H,3,5H2,1H3;2-4H,5-6H2,1H3;2-3,5H,4,6H2,1H3;2-4H,5-6H2,1H3. The van der Waals surface area contributed by atoms with Gasteiger partial charge in [0.15, 0.2) is 0 Å². The van der Waals surface area contributed by atoms with E-state index in [1.54, 1.807) is 42.5 Å². The lowest BCUT2D eigenvalue weighted by atomic mass is 10.1. The molecule has 86 heavy (non-hydrogen) atoms. The molecule has 8 aromatic rings. The highest BCUT2D eigenvalue weighted by Gasteiger charge is 2.35. The summed E-state index contributed by atoms with van der Waals surface area (Å²) in [5.41, 5.74) is 14.9. The van der Waals surface area contributed by atoms with Gasteiger partial charge >= 0.3 is 0 Å². The number of aromatic nitrogens is 6. The summed E-state index contributed by atoms with van der Waals surface area (Å²) in [4.78, 5) is 107. The number of hydrogen-bond acceptors (Lipinski definition) is 17. The van der Waals surface area contributed by atoms with Crippen LogP contribution in [0.4, 0.5) is 17.2 Å².